The van der Waals surface area contributed by atoms with Gasteiger partial charge in [0.15, 0.2) is 6.10 Å². The number of hydrogen-bond acceptors (Lipinski definition) is 6. The lowest BCUT2D eigenvalue weighted by atomic mass is 9.46. The molecule has 0 aromatic rings. The normalized spacial score (nSPS) is 39.5. The third-order valence-electron chi connectivity index (χ3n) is 21.0. The summed E-state index contributed by atoms with van der Waals surface area (Å²) in [5.41, 5.74) is 8.46. The smallest absolute Gasteiger partial charge is 0.312 e. The molecule has 9 aliphatic carbocycles. The maximum absolute atomic E-state index is 15.0. The van der Waals surface area contributed by atoms with E-state index in [1.54, 1.807) is 16.7 Å². The van der Waals surface area contributed by atoms with Gasteiger partial charge in [-0.2, -0.15) is 0 Å². The fourth-order valence-electron chi connectivity index (χ4n) is 17.1. The van der Waals surface area contributed by atoms with Crippen LogP contribution in [-0.2, 0) is 28.6 Å². The first kappa shape index (κ1) is 48.9. The van der Waals surface area contributed by atoms with E-state index in [4.69, 9.17) is 14.2 Å². The van der Waals surface area contributed by atoms with E-state index in [1.807, 2.05) is 0 Å². The largest absolute Gasteiger partial charge is 0.461 e. The Hall–Kier alpha value is -3.15. The second-order valence-corrected chi connectivity index (χ2v) is 25.6. The third-order valence-corrected chi connectivity index (χ3v) is 21.0. The van der Waals surface area contributed by atoms with Gasteiger partial charge < -0.3 is 14.2 Å². The predicted molar refractivity (Wildman–Crippen MR) is 268 cm³/mol. The lowest BCUT2D eigenvalue weighted by Crippen LogP contribution is -2.54. The lowest BCUT2D eigenvalue weighted by Gasteiger charge is -2.58. The van der Waals surface area contributed by atoms with Gasteiger partial charge in [-0.05, 0) is 189 Å². The van der Waals surface area contributed by atoms with Gasteiger partial charge in [0.25, 0.3) is 0 Å². The predicted octanol–water partition coefficient (Wildman–Crippen LogP) is 14.6. The van der Waals surface area contributed by atoms with Crippen LogP contribution in [0.15, 0.2) is 69.9 Å². The van der Waals surface area contributed by atoms with Crippen LogP contribution >= 0.6 is 0 Å². The Balaban J connectivity index is 0.920. The Labute approximate surface area is 405 Å². The maximum atomic E-state index is 15.0. The van der Waals surface area contributed by atoms with Crippen molar-refractivity contribution in [2.45, 2.75) is 191 Å². The van der Waals surface area contributed by atoms with Crippen molar-refractivity contribution in [2.24, 2.45) is 86.8 Å². The second kappa shape index (κ2) is 18.9. The molecule has 0 heterocycles. The van der Waals surface area contributed by atoms with Crippen molar-refractivity contribution in [3.05, 3.63) is 69.9 Å². The van der Waals surface area contributed by atoms with Crippen molar-refractivity contribution >= 4 is 17.9 Å². The zero-order chi connectivity index (χ0) is 47.6. The highest BCUT2D eigenvalue weighted by Crippen LogP contribution is 2.64. The SMILES string of the molecule is CC(C)C1=CCC2C(=C1)CCC1[C@@H](C(=O)OCC(COC(=O)[C@H]3CCC[C@]4(C)C5CC=C(C(C)C)C=C5CCC34)OC(=O)[C@@]3(C)CCC[C@]4(C)C5CC=C(C(C)C)C=C5CCC43)CCC[C@]21C. The summed E-state index contributed by atoms with van der Waals surface area (Å²) in [6.45, 7) is 23.0. The minimum atomic E-state index is -0.863. The molecule has 6 unspecified atom stereocenters. The molecule has 0 saturated heterocycles. The number of allylic oxidation sites excluding steroid dienone is 12. The van der Waals surface area contributed by atoms with E-state index >= 15 is 4.79 Å². The highest BCUT2D eigenvalue weighted by molar-refractivity contribution is 5.78. The van der Waals surface area contributed by atoms with Gasteiger partial charge in [0.1, 0.15) is 13.2 Å². The molecule has 6 fully saturated rings. The number of hydrogen-bond donors (Lipinski definition) is 0. The quantitative estimate of drug-likeness (QED) is 0.152. The number of esters is 3. The summed E-state index contributed by atoms with van der Waals surface area (Å²) in [6, 6.07) is 0. The van der Waals surface area contributed by atoms with Crippen molar-refractivity contribution in [1.82, 2.24) is 0 Å². The topological polar surface area (TPSA) is 78.9 Å². The summed E-state index contributed by atoms with van der Waals surface area (Å²) < 4.78 is 19.4. The van der Waals surface area contributed by atoms with Crippen LogP contribution in [-0.4, -0.2) is 37.2 Å². The van der Waals surface area contributed by atoms with E-state index in [0.717, 1.165) is 116 Å². The molecule has 6 nitrogen and oxygen atoms in total. The van der Waals surface area contributed by atoms with Crippen LogP contribution in [0.2, 0.25) is 0 Å². The molecule has 0 bridgehead atoms. The molecule has 9 aliphatic rings. The van der Waals surface area contributed by atoms with Gasteiger partial charge >= 0.3 is 17.9 Å². The van der Waals surface area contributed by atoms with E-state index in [-0.39, 0.29) is 77.0 Å². The van der Waals surface area contributed by atoms with E-state index in [1.165, 1.54) is 16.7 Å². The molecule has 0 spiro atoms. The van der Waals surface area contributed by atoms with E-state index < -0.39 is 11.5 Å². The molecule has 0 radical (unpaired) electrons. The number of carbonyl (C=O) groups is 3. The van der Waals surface area contributed by atoms with Crippen molar-refractivity contribution in [3.63, 3.8) is 0 Å². The number of rotatable bonds is 11. The summed E-state index contributed by atoms with van der Waals surface area (Å²) in [6.07, 6.45) is 31.9. The van der Waals surface area contributed by atoms with Gasteiger partial charge in [0, 0.05) is 0 Å². The van der Waals surface area contributed by atoms with Crippen LogP contribution in [0.3, 0.4) is 0 Å². The van der Waals surface area contributed by atoms with Gasteiger partial charge in [-0.15, -0.1) is 0 Å². The fourth-order valence-corrected chi connectivity index (χ4v) is 17.1. The number of carbonyl (C=O) groups excluding carboxylic acids is 3. The van der Waals surface area contributed by atoms with Crippen LogP contribution < -0.4 is 0 Å². The zero-order valence-electron chi connectivity index (χ0n) is 43.5. The summed E-state index contributed by atoms with van der Waals surface area (Å²) in [5.74, 6) is 2.67. The third kappa shape index (κ3) is 8.78. The Morgan fingerprint density at radius 1 is 0.537 bits per heavy atom. The summed E-state index contributed by atoms with van der Waals surface area (Å²) in [4.78, 5) is 44.1. The minimum Gasteiger partial charge on any atom is -0.461 e. The molecule has 0 aromatic heterocycles. The molecular weight excluding hydrogens is 829 g/mol. The Bertz CT molecular complexity index is 2030. The van der Waals surface area contributed by atoms with Gasteiger partial charge in [-0.1, -0.05) is 135 Å². The number of ether oxygens (including phenoxy) is 3. The van der Waals surface area contributed by atoms with Crippen molar-refractivity contribution in [1.29, 1.82) is 0 Å². The van der Waals surface area contributed by atoms with E-state index in [0.29, 0.717) is 35.5 Å². The second-order valence-electron chi connectivity index (χ2n) is 25.6. The highest BCUT2D eigenvalue weighted by Gasteiger charge is 2.59. The average Bonchev–Trinajstić information content (AvgIpc) is 3.30. The van der Waals surface area contributed by atoms with Crippen molar-refractivity contribution in [3.8, 4) is 0 Å². The standard InChI is InChI=1S/C61H88O6/c1-37(2)40-16-22-49-43(32-40)19-25-52-47(14-11-28-58(49,52)7)55(62)65-35-46(36-66-56(63)48-15-12-29-59(8)50-23-17-41(38(3)4)33-44(50)20-26-53(48)59)67-57(64)61(10)31-13-30-60(9)51-24-18-42(39(5)6)34-45(51)21-27-54(60)61/h16-18,32-34,37-39,46-54H,11-15,19-31,35-36H2,1-10H3/t46?,47-,48-,49?,50?,51?,52?,53?,54?,58+,59+,60+,61-/m0/s1. The molecule has 0 aliphatic heterocycles. The molecule has 0 N–H and O–H groups in total. The monoisotopic (exact) mass is 917 g/mol. The van der Waals surface area contributed by atoms with Gasteiger partial charge in [0.05, 0.1) is 17.3 Å². The van der Waals surface area contributed by atoms with Crippen LogP contribution in [0.25, 0.3) is 0 Å². The molecule has 9 rings (SSSR count). The molecule has 0 amide bonds. The Morgan fingerprint density at radius 3 is 1.37 bits per heavy atom. The van der Waals surface area contributed by atoms with Gasteiger partial charge in [-0.25, -0.2) is 0 Å². The molecule has 67 heavy (non-hydrogen) atoms. The molecule has 0 aromatic carbocycles. The van der Waals surface area contributed by atoms with Crippen molar-refractivity contribution in [2.75, 3.05) is 13.2 Å². The number of fused-ring (bicyclic) bond motifs is 9. The molecule has 12 atom stereocenters. The molecular formula is C61H88O6. The van der Waals surface area contributed by atoms with E-state index in [9.17, 15) is 9.59 Å². The van der Waals surface area contributed by atoms with Crippen LogP contribution in [0.5, 0.6) is 0 Å². The van der Waals surface area contributed by atoms with Gasteiger partial charge in [0.2, 0.25) is 0 Å². The summed E-state index contributed by atoms with van der Waals surface area (Å²) in [5, 5.41) is 0. The lowest BCUT2D eigenvalue weighted by molar-refractivity contribution is -0.188. The first-order valence-electron chi connectivity index (χ1n) is 27.6. The van der Waals surface area contributed by atoms with Crippen LogP contribution in [0.4, 0.5) is 0 Å². The fraction of sp³-hybridized carbons (Fsp3) is 0.754. The zero-order valence-corrected chi connectivity index (χ0v) is 43.5. The first-order chi connectivity index (χ1) is 31.9. The summed E-state index contributed by atoms with van der Waals surface area (Å²) in [7, 11) is 0. The Kier molecular flexibility index (Phi) is 13.8. The maximum Gasteiger partial charge on any atom is 0.312 e. The van der Waals surface area contributed by atoms with Crippen molar-refractivity contribution < 1.29 is 28.6 Å². The van der Waals surface area contributed by atoms with Gasteiger partial charge in [-0.3, -0.25) is 14.4 Å². The Morgan fingerprint density at radius 2 is 0.940 bits per heavy atom. The molecule has 6 saturated carbocycles. The van der Waals surface area contributed by atoms with Crippen LogP contribution in [0.1, 0.15) is 185 Å². The highest BCUT2D eigenvalue weighted by atomic mass is 16.6. The first-order valence-corrected chi connectivity index (χ1v) is 27.6. The summed E-state index contributed by atoms with van der Waals surface area (Å²) >= 11 is 0. The van der Waals surface area contributed by atoms with Crippen LogP contribution in [0, 0.1) is 86.8 Å². The minimum absolute atomic E-state index is 0.0101. The average molecular weight is 917 g/mol. The molecule has 368 valence electrons. The molecule has 6 heteroatoms. The van der Waals surface area contributed by atoms with E-state index in [2.05, 4.69) is 106 Å².